The molecule has 4 aromatic rings. The minimum absolute atomic E-state index is 0.0144. The van der Waals surface area contributed by atoms with Gasteiger partial charge in [-0.15, -0.1) is 11.3 Å². The Morgan fingerprint density at radius 1 is 1.10 bits per heavy atom. The molecule has 4 aromatic heterocycles. The molecule has 41 heavy (non-hydrogen) atoms. The first-order chi connectivity index (χ1) is 19.9. The number of aromatic amines is 1. The van der Waals surface area contributed by atoms with E-state index < -0.39 is 42.6 Å². The van der Waals surface area contributed by atoms with Crippen LogP contribution in [0.3, 0.4) is 0 Å². The van der Waals surface area contributed by atoms with Gasteiger partial charge in [-0.05, 0) is 55.9 Å². The highest BCUT2D eigenvalue weighted by molar-refractivity contribution is 7.13. The lowest BCUT2D eigenvalue weighted by Crippen LogP contribution is -2.52. The Balaban J connectivity index is 1.35. The second kappa shape index (κ2) is 11.4. The third-order valence-corrected chi connectivity index (χ3v) is 8.51. The highest BCUT2D eigenvalue weighted by Gasteiger charge is 2.48. The molecule has 214 valence electrons. The molecule has 0 radical (unpaired) electrons. The van der Waals surface area contributed by atoms with E-state index in [1.807, 2.05) is 0 Å². The molecule has 0 saturated heterocycles. The number of nitrogens with one attached hydrogen (secondary N) is 2. The van der Waals surface area contributed by atoms with Crippen LogP contribution >= 0.6 is 11.3 Å². The van der Waals surface area contributed by atoms with E-state index in [1.165, 1.54) is 11.3 Å². The van der Waals surface area contributed by atoms with Crippen molar-refractivity contribution < 1.29 is 32.6 Å². The molecule has 3 aliphatic carbocycles. The molecule has 14 heteroatoms. The summed E-state index contributed by atoms with van der Waals surface area (Å²) in [4.78, 5) is 45.1. The smallest absolute Gasteiger partial charge is 0.435 e. The van der Waals surface area contributed by atoms with E-state index in [1.54, 1.807) is 30.6 Å². The van der Waals surface area contributed by atoms with E-state index in [4.69, 9.17) is 14.2 Å². The molecular formula is C27H26F2N6O5S. The number of ether oxygens (including phenoxy) is 3. The molecule has 7 rings (SSSR count). The number of esters is 1. The third-order valence-electron chi connectivity index (χ3n) is 7.63. The van der Waals surface area contributed by atoms with Crippen molar-refractivity contribution in [1.29, 1.82) is 0 Å². The number of halogens is 2. The van der Waals surface area contributed by atoms with E-state index in [0.717, 1.165) is 31.9 Å². The maximum atomic E-state index is 16.1. The fourth-order valence-electron chi connectivity index (χ4n) is 5.83. The summed E-state index contributed by atoms with van der Waals surface area (Å²) < 4.78 is 44.8. The summed E-state index contributed by atoms with van der Waals surface area (Å²) in [5, 5.41) is 5.03. The summed E-state index contributed by atoms with van der Waals surface area (Å²) >= 11 is 1.31. The Labute approximate surface area is 236 Å². The van der Waals surface area contributed by atoms with E-state index in [9.17, 15) is 14.0 Å². The zero-order chi connectivity index (χ0) is 28.5. The molecule has 0 spiro atoms. The van der Waals surface area contributed by atoms with Crippen molar-refractivity contribution in [1.82, 2.24) is 24.9 Å². The maximum Gasteiger partial charge on any atom is 0.511 e. The average molecular weight is 585 g/mol. The predicted octanol–water partition coefficient (Wildman–Crippen LogP) is 5.31. The van der Waals surface area contributed by atoms with Gasteiger partial charge in [-0.1, -0.05) is 6.07 Å². The molecular weight excluding hydrogens is 558 g/mol. The van der Waals surface area contributed by atoms with Crippen LogP contribution in [0.4, 0.5) is 19.4 Å². The molecule has 3 aliphatic rings. The molecule has 0 unspecified atom stereocenters. The van der Waals surface area contributed by atoms with Gasteiger partial charge in [0.2, 0.25) is 12.7 Å². The largest absolute Gasteiger partial charge is 0.511 e. The second-order valence-corrected chi connectivity index (χ2v) is 10.9. The number of fused-ring (bicyclic) bond motifs is 4. The van der Waals surface area contributed by atoms with Crippen molar-refractivity contribution in [2.75, 3.05) is 18.7 Å². The van der Waals surface area contributed by atoms with Gasteiger partial charge in [0.1, 0.15) is 11.2 Å². The van der Waals surface area contributed by atoms with Crippen LogP contribution in [0.1, 0.15) is 32.6 Å². The van der Waals surface area contributed by atoms with Crippen molar-refractivity contribution in [3.8, 4) is 22.0 Å². The number of hydrogen-bond donors (Lipinski definition) is 2. The van der Waals surface area contributed by atoms with E-state index in [-0.39, 0.29) is 41.3 Å². The Morgan fingerprint density at radius 2 is 1.90 bits per heavy atom. The van der Waals surface area contributed by atoms with Gasteiger partial charge in [-0.25, -0.2) is 29.1 Å². The Hall–Kier alpha value is -4.20. The molecule has 2 N–H and O–H groups in total. The van der Waals surface area contributed by atoms with Gasteiger partial charge in [0.15, 0.2) is 23.1 Å². The Morgan fingerprint density at radius 3 is 2.66 bits per heavy atom. The highest BCUT2D eigenvalue weighted by atomic mass is 32.1. The summed E-state index contributed by atoms with van der Waals surface area (Å²) in [5.41, 5.74) is 0.956. The summed E-state index contributed by atoms with van der Waals surface area (Å²) in [6.07, 6.45) is 5.00. The SMILES string of the molecule is CCOC(=O)OCOC(=O)[C@H]1C2CCC(CC2)[C@@H]1Nc1nc(-c2c[nH]c3ncc(F)nc23)nc(-c2cccs2)c1F. The summed E-state index contributed by atoms with van der Waals surface area (Å²) in [7, 11) is 0. The molecule has 2 atom stereocenters. The number of H-pyrrole nitrogens is 1. The summed E-state index contributed by atoms with van der Waals surface area (Å²) in [5.74, 6) is -2.49. The van der Waals surface area contributed by atoms with E-state index in [0.29, 0.717) is 16.1 Å². The minimum atomic E-state index is -0.932. The van der Waals surface area contributed by atoms with Crippen LogP contribution in [0.2, 0.25) is 0 Å². The van der Waals surface area contributed by atoms with Crippen LogP contribution in [0, 0.1) is 29.5 Å². The quantitative estimate of drug-likeness (QED) is 0.207. The van der Waals surface area contributed by atoms with Crippen LogP contribution in [0.15, 0.2) is 29.9 Å². The number of carbonyl (C=O) groups is 2. The molecule has 2 bridgehead atoms. The van der Waals surface area contributed by atoms with Crippen molar-refractivity contribution >= 4 is 40.4 Å². The molecule has 11 nitrogen and oxygen atoms in total. The molecule has 0 amide bonds. The summed E-state index contributed by atoms with van der Waals surface area (Å²) in [6, 6.07) is 3.04. The van der Waals surface area contributed by atoms with Crippen LogP contribution in [-0.4, -0.2) is 56.5 Å². The van der Waals surface area contributed by atoms with Crippen LogP contribution in [-0.2, 0) is 19.0 Å². The number of nitrogens with zero attached hydrogens (tertiary/aromatic N) is 4. The number of anilines is 1. The first-order valence-corrected chi connectivity index (χ1v) is 14.1. The van der Waals surface area contributed by atoms with Gasteiger partial charge < -0.3 is 24.5 Å². The molecule has 0 aromatic carbocycles. The van der Waals surface area contributed by atoms with Gasteiger partial charge in [-0.2, -0.15) is 4.39 Å². The summed E-state index contributed by atoms with van der Waals surface area (Å²) in [6.45, 7) is 1.18. The van der Waals surface area contributed by atoms with Gasteiger partial charge in [0, 0.05) is 12.2 Å². The fraction of sp³-hybridized carbons (Fsp3) is 0.407. The topological polar surface area (TPSA) is 141 Å². The van der Waals surface area contributed by atoms with Crippen molar-refractivity contribution in [2.45, 2.75) is 38.6 Å². The fourth-order valence-corrected chi connectivity index (χ4v) is 6.53. The third kappa shape index (κ3) is 5.31. The number of thiophene rings is 1. The number of rotatable bonds is 8. The first kappa shape index (κ1) is 27.0. The van der Waals surface area contributed by atoms with Crippen molar-refractivity contribution in [3.05, 3.63) is 41.7 Å². The second-order valence-electron chi connectivity index (χ2n) is 9.91. The lowest BCUT2D eigenvalue weighted by Gasteiger charge is -2.47. The highest BCUT2D eigenvalue weighted by Crippen LogP contribution is 2.47. The van der Waals surface area contributed by atoms with E-state index in [2.05, 4.69) is 30.2 Å². The van der Waals surface area contributed by atoms with Gasteiger partial charge in [0.25, 0.3) is 0 Å². The van der Waals surface area contributed by atoms with Crippen molar-refractivity contribution in [2.24, 2.45) is 17.8 Å². The standard InChI is InChI=1S/C27H26F2N6O5S/c1-2-38-27(37)40-12-39-26(36)18-13-5-7-14(8-6-13)20(18)33-24-19(29)22(16-4-3-9-41-16)34-23(35-24)15-10-30-25-21(15)32-17(28)11-31-25/h3-4,9-11,13-14,18,20H,2,5-8,12H2,1H3,(H,30,31)(H,33,34,35)/t13?,14?,18-,20-/m0/s1. The minimum Gasteiger partial charge on any atom is -0.435 e. The molecule has 3 saturated carbocycles. The molecule has 0 aliphatic heterocycles. The van der Waals surface area contributed by atoms with Crippen LogP contribution in [0.5, 0.6) is 0 Å². The monoisotopic (exact) mass is 584 g/mol. The molecule has 3 fully saturated rings. The van der Waals surface area contributed by atoms with Gasteiger partial charge >= 0.3 is 12.1 Å². The van der Waals surface area contributed by atoms with Crippen LogP contribution in [0.25, 0.3) is 33.1 Å². The van der Waals surface area contributed by atoms with Crippen LogP contribution < -0.4 is 5.32 Å². The zero-order valence-corrected chi connectivity index (χ0v) is 22.7. The van der Waals surface area contributed by atoms with Gasteiger partial charge in [-0.3, -0.25) is 4.79 Å². The van der Waals surface area contributed by atoms with Crippen molar-refractivity contribution in [3.63, 3.8) is 0 Å². The lowest BCUT2D eigenvalue weighted by atomic mass is 9.61. The maximum absolute atomic E-state index is 16.1. The molecule has 4 heterocycles. The zero-order valence-electron chi connectivity index (χ0n) is 21.9. The average Bonchev–Trinajstić information content (AvgIpc) is 3.65. The lowest BCUT2D eigenvalue weighted by molar-refractivity contribution is -0.164. The number of hydrogen-bond acceptors (Lipinski definition) is 11. The first-order valence-electron chi connectivity index (χ1n) is 13.3. The normalized spacial score (nSPS) is 21.5. The number of carbonyl (C=O) groups excluding carboxylic acids is 2. The Bertz CT molecular complexity index is 1570. The van der Waals surface area contributed by atoms with Gasteiger partial charge in [0.05, 0.1) is 29.2 Å². The Kier molecular flexibility index (Phi) is 7.47. The predicted molar refractivity (Wildman–Crippen MR) is 144 cm³/mol. The van der Waals surface area contributed by atoms with E-state index >= 15 is 4.39 Å². The number of aromatic nitrogens is 5.